The quantitative estimate of drug-likeness (QED) is 0.599. The van der Waals surface area contributed by atoms with Crippen LogP contribution in [0.2, 0.25) is 0 Å². The van der Waals surface area contributed by atoms with Gasteiger partial charge >= 0.3 is 0 Å². The fourth-order valence-electron chi connectivity index (χ4n) is 1.67. The van der Waals surface area contributed by atoms with Gasteiger partial charge in [0.05, 0.1) is 12.1 Å². The molecule has 0 radical (unpaired) electrons. The second-order valence-electron chi connectivity index (χ2n) is 3.51. The second-order valence-corrected chi connectivity index (χ2v) is 3.51. The lowest BCUT2D eigenvalue weighted by atomic mass is 9.92. The second kappa shape index (κ2) is 4.49. The summed E-state index contributed by atoms with van der Waals surface area (Å²) in [6, 6.07) is 0.285. The summed E-state index contributed by atoms with van der Waals surface area (Å²) >= 11 is 0. The van der Waals surface area contributed by atoms with E-state index in [9.17, 15) is 5.11 Å². The molecule has 12 heavy (non-hydrogen) atoms. The predicted molar refractivity (Wildman–Crippen MR) is 49.7 cm³/mol. The van der Waals surface area contributed by atoms with Crippen molar-refractivity contribution in [3.05, 3.63) is 0 Å². The van der Waals surface area contributed by atoms with Crippen LogP contribution in [-0.2, 0) is 0 Å². The third-order valence-corrected chi connectivity index (χ3v) is 2.44. The number of aliphatic hydroxyl groups is 1. The van der Waals surface area contributed by atoms with E-state index in [1.165, 1.54) is 6.42 Å². The van der Waals surface area contributed by atoms with Crippen LogP contribution in [0.4, 0.5) is 0 Å². The third kappa shape index (κ3) is 2.51. The van der Waals surface area contributed by atoms with Crippen LogP contribution in [0.3, 0.4) is 0 Å². The van der Waals surface area contributed by atoms with Crippen LogP contribution in [0.15, 0.2) is 0 Å². The maximum Gasteiger partial charge on any atom is 0.0693 e. The summed E-state index contributed by atoms with van der Waals surface area (Å²) < 4.78 is 0. The average molecular weight is 167 g/mol. The van der Waals surface area contributed by atoms with Gasteiger partial charge in [-0.2, -0.15) is 0 Å². The minimum Gasteiger partial charge on any atom is -0.392 e. The predicted octanol–water partition coefficient (Wildman–Crippen LogP) is 0.901. The van der Waals surface area contributed by atoms with E-state index in [0.29, 0.717) is 0 Å². The first-order chi connectivity index (χ1) is 5.74. The molecule has 0 aromatic rings. The highest BCUT2D eigenvalue weighted by Gasteiger charge is 2.23. The van der Waals surface area contributed by atoms with Crippen molar-refractivity contribution < 1.29 is 5.11 Å². The Morgan fingerprint density at radius 2 is 2.17 bits per heavy atom. The van der Waals surface area contributed by atoms with E-state index in [4.69, 9.17) is 6.42 Å². The van der Waals surface area contributed by atoms with Crippen molar-refractivity contribution in [3.8, 4) is 12.3 Å². The Labute approximate surface area is 74.4 Å². The summed E-state index contributed by atoms with van der Waals surface area (Å²) in [4.78, 5) is 0. The minimum atomic E-state index is -0.199. The molecule has 1 aliphatic carbocycles. The molecule has 0 aromatic carbocycles. The fraction of sp³-hybridized carbons (Fsp3) is 0.800. The summed E-state index contributed by atoms with van der Waals surface area (Å²) in [6.07, 6.45) is 9.34. The molecule has 0 spiro atoms. The fourth-order valence-corrected chi connectivity index (χ4v) is 1.67. The molecule has 1 aliphatic rings. The molecule has 0 amide bonds. The van der Waals surface area contributed by atoms with Gasteiger partial charge in [0.25, 0.3) is 0 Å². The van der Waals surface area contributed by atoms with Crippen LogP contribution in [0, 0.1) is 12.3 Å². The van der Waals surface area contributed by atoms with Crippen LogP contribution >= 0.6 is 0 Å². The maximum atomic E-state index is 9.58. The van der Waals surface area contributed by atoms with Crippen LogP contribution in [-0.4, -0.2) is 23.3 Å². The van der Waals surface area contributed by atoms with E-state index in [-0.39, 0.29) is 18.2 Å². The molecule has 1 rings (SSSR count). The summed E-state index contributed by atoms with van der Waals surface area (Å²) in [5, 5.41) is 12.8. The highest BCUT2D eigenvalue weighted by molar-refractivity contribution is 4.98. The molecular weight excluding hydrogens is 150 g/mol. The Morgan fingerprint density at radius 1 is 1.50 bits per heavy atom. The maximum absolute atomic E-state index is 9.58. The Morgan fingerprint density at radius 3 is 2.75 bits per heavy atom. The lowest BCUT2D eigenvalue weighted by Gasteiger charge is -2.29. The van der Waals surface area contributed by atoms with Crippen molar-refractivity contribution >= 4 is 0 Å². The van der Waals surface area contributed by atoms with Gasteiger partial charge in [-0.15, -0.1) is 6.42 Å². The Bertz CT molecular complexity index is 173. The Kier molecular flexibility index (Phi) is 3.58. The van der Waals surface area contributed by atoms with E-state index in [1.54, 1.807) is 0 Å². The van der Waals surface area contributed by atoms with Crippen molar-refractivity contribution in [2.75, 3.05) is 0 Å². The van der Waals surface area contributed by atoms with Crippen molar-refractivity contribution in [2.24, 2.45) is 0 Å². The molecule has 0 aliphatic heterocycles. The normalized spacial score (nSPS) is 32.4. The van der Waals surface area contributed by atoms with E-state index < -0.39 is 0 Å². The molecule has 0 bridgehead atoms. The number of rotatable bonds is 2. The number of hydrogen-bond donors (Lipinski definition) is 2. The number of nitrogens with one attached hydrogen (secondary N) is 1. The van der Waals surface area contributed by atoms with Crippen LogP contribution in [0.1, 0.15) is 32.6 Å². The Hall–Kier alpha value is -0.520. The highest BCUT2D eigenvalue weighted by Crippen LogP contribution is 2.18. The molecule has 2 N–H and O–H groups in total. The van der Waals surface area contributed by atoms with Gasteiger partial charge < -0.3 is 5.11 Å². The van der Waals surface area contributed by atoms with Gasteiger partial charge in [-0.3, -0.25) is 5.32 Å². The number of aliphatic hydroxyl groups excluding tert-OH is 1. The van der Waals surface area contributed by atoms with Gasteiger partial charge in [0, 0.05) is 6.04 Å². The first kappa shape index (κ1) is 9.57. The Balaban J connectivity index is 2.35. The SMILES string of the molecule is C#CC(C)N[C@@H]1CCCC[C@H]1O. The molecule has 2 heteroatoms. The topological polar surface area (TPSA) is 32.3 Å². The summed E-state index contributed by atoms with van der Waals surface area (Å²) in [7, 11) is 0. The first-order valence-corrected chi connectivity index (χ1v) is 4.64. The zero-order valence-corrected chi connectivity index (χ0v) is 7.59. The minimum absolute atomic E-state index is 0.0720. The highest BCUT2D eigenvalue weighted by atomic mass is 16.3. The van der Waals surface area contributed by atoms with Gasteiger partial charge in [-0.05, 0) is 19.8 Å². The molecule has 3 atom stereocenters. The van der Waals surface area contributed by atoms with Crippen molar-refractivity contribution in [2.45, 2.75) is 50.8 Å². The summed E-state index contributed by atoms with van der Waals surface area (Å²) in [5.74, 6) is 2.61. The van der Waals surface area contributed by atoms with E-state index in [1.807, 2.05) is 6.92 Å². The van der Waals surface area contributed by atoms with E-state index >= 15 is 0 Å². The molecule has 1 unspecified atom stereocenters. The van der Waals surface area contributed by atoms with Crippen LogP contribution in [0.25, 0.3) is 0 Å². The lowest BCUT2D eigenvalue weighted by molar-refractivity contribution is 0.0890. The standard InChI is InChI=1S/C10H17NO/c1-3-8(2)11-9-6-4-5-7-10(9)12/h1,8-12H,4-7H2,2H3/t8?,9-,10-/m1/s1. The van der Waals surface area contributed by atoms with Crippen molar-refractivity contribution in [1.82, 2.24) is 5.32 Å². The molecule has 2 nitrogen and oxygen atoms in total. The van der Waals surface area contributed by atoms with Gasteiger partial charge in [-0.25, -0.2) is 0 Å². The lowest BCUT2D eigenvalue weighted by Crippen LogP contribution is -2.45. The largest absolute Gasteiger partial charge is 0.392 e. The molecule has 1 fully saturated rings. The smallest absolute Gasteiger partial charge is 0.0693 e. The number of terminal acetylenes is 1. The van der Waals surface area contributed by atoms with Crippen LogP contribution in [0.5, 0.6) is 0 Å². The third-order valence-electron chi connectivity index (χ3n) is 2.44. The van der Waals surface area contributed by atoms with Gasteiger partial charge in [0.15, 0.2) is 0 Å². The first-order valence-electron chi connectivity index (χ1n) is 4.64. The van der Waals surface area contributed by atoms with Gasteiger partial charge in [-0.1, -0.05) is 18.8 Å². The molecule has 0 saturated heterocycles. The summed E-state index contributed by atoms with van der Waals surface area (Å²) in [6.45, 7) is 1.95. The van der Waals surface area contributed by atoms with E-state index in [2.05, 4.69) is 11.2 Å². The average Bonchev–Trinajstić information content (AvgIpc) is 2.09. The molecule has 1 saturated carbocycles. The molecule has 0 aromatic heterocycles. The number of hydrogen-bond acceptors (Lipinski definition) is 2. The van der Waals surface area contributed by atoms with Gasteiger partial charge in [0.2, 0.25) is 0 Å². The zero-order chi connectivity index (χ0) is 8.97. The van der Waals surface area contributed by atoms with Crippen molar-refractivity contribution in [1.29, 1.82) is 0 Å². The van der Waals surface area contributed by atoms with E-state index in [0.717, 1.165) is 19.3 Å². The summed E-state index contributed by atoms with van der Waals surface area (Å²) in [5.41, 5.74) is 0. The molecule has 68 valence electrons. The van der Waals surface area contributed by atoms with Crippen molar-refractivity contribution in [3.63, 3.8) is 0 Å². The van der Waals surface area contributed by atoms with Crippen LogP contribution < -0.4 is 5.32 Å². The van der Waals surface area contributed by atoms with Gasteiger partial charge in [0.1, 0.15) is 0 Å². The monoisotopic (exact) mass is 167 g/mol. The molecular formula is C10H17NO. The zero-order valence-electron chi connectivity index (χ0n) is 7.59. The molecule has 0 heterocycles.